The molecule has 1 fully saturated rings. The van der Waals surface area contributed by atoms with Gasteiger partial charge >= 0.3 is 0 Å². The minimum Gasteiger partial charge on any atom is -0.395 e. The number of aliphatic hydroxyl groups excluding tert-OH is 1. The van der Waals surface area contributed by atoms with Crippen LogP contribution in [0.25, 0.3) is 0 Å². The lowest BCUT2D eigenvalue weighted by molar-refractivity contribution is -0.131. The van der Waals surface area contributed by atoms with Crippen molar-refractivity contribution in [1.82, 2.24) is 4.90 Å². The zero-order valence-corrected chi connectivity index (χ0v) is 12.4. The molecule has 1 aliphatic rings. The molecular weight excluding hydrogens is 246 g/mol. The smallest absolute Gasteiger partial charge is 0.232 e. The van der Waals surface area contributed by atoms with Gasteiger partial charge in [-0.15, -0.1) is 0 Å². The van der Waals surface area contributed by atoms with Crippen molar-refractivity contribution in [2.45, 2.75) is 57.9 Å². The molecule has 1 N–H and O–H groups in total. The second-order valence-electron chi connectivity index (χ2n) is 5.01. The topological polar surface area (TPSA) is 40.5 Å². The van der Waals surface area contributed by atoms with Crippen molar-refractivity contribution in [3.63, 3.8) is 0 Å². The van der Waals surface area contributed by atoms with Crippen LogP contribution in [-0.2, 0) is 4.79 Å². The van der Waals surface area contributed by atoms with Gasteiger partial charge in [0.25, 0.3) is 0 Å². The summed E-state index contributed by atoms with van der Waals surface area (Å²) in [5.41, 5.74) is 0. The number of thioether (sulfide) groups is 1. The summed E-state index contributed by atoms with van der Waals surface area (Å²) in [4.78, 5) is 14.1. The van der Waals surface area contributed by atoms with Gasteiger partial charge in [-0.1, -0.05) is 32.6 Å². The molecule has 18 heavy (non-hydrogen) atoms. The molecule has 0 radical (unpaired) electrons. The van der Waals surface area contributed by atoms with Crippen molar-refractivity contribution in [3.8, 4) is 0 Å². The summed E-state index contributed by atoms with van der Waals surface area (Å²) in [6.45, 7) is 2.77. The number of rotatable bonds is 8. The SMILES string of the molecule is CCCCSCC(=O)N(CCO)C1CCCCC1. The molecule has 0 aromatic carbocycles. The lowest BCUT2D eigenvalue weighted by atomic mass is 9.94. The number of hydrogen-bond donors (Lipinski definition) is 1. The van der Waals surface area contributed by atoms with E-state index in [0.717, 1.165) is 18.6 Å². The normalized spacial score (nSPS) is 16.8. The van der Waals surface area contributed by atoms with Crippen molar-refractivity contribution in [3.05, 3.63) is 0 Å². The molecule has 0 atom stereocenters. The third kappa shape index (κ3) is 5.61. The van der Waals surface area contributed by atoms with Gasteiger partial charge in [0.1, 0.15) is 0 Å². The second-order valence-corrected chi connectivity index (χ2v) is 6.11. The van der Waals surface area contributed by atoms with Gasteiger partial charge in [-0.25, -0.2) is 0 Å². The summed E-state index contributed by atoms with van der Waals surface area (Å²) in [5.74, 6) is 1.87. The van der Waals surface area contributed by atoms with Crippen molar-refractivity contribution >= 4 is 17.7 Å². The lowest BCUT2D eigenvalue weighted by Crippen LogP contribution is -2.44. The van der Waals surface area contributed by atoms with Crippen LogP contribution in [0.1, 0.15) is 51.9 Å². The zero-order chi connectivity index (χ0) is 13.2. The van der Waals surface area contributed by atoms with E-state index in [1.54, 1.807) is 11.8 Å². The Bertz CT molecular complexity index is 230. The molecular formula is C14H27NO2S. The van der Waals surface area contributed by atoms with E-state index < -0.39 is 0 Å². The fraction of sp³-hybridized carbons (Fsp3) is 0.929. The van der Waals surface area contributed by atoms with E-state index in [0.29, 0.717) is 18.3 Å². The largest absolute Gasteiger partial charge is 0.395 e. The number of carbonyl (C=O) groups excluding carboxylic acids is 1. The molecule has 1 aliphatic carbocycles. The van der Waals surface area contributed by atoms with Gasteiger partial charge in [0.05, 0.1) is 12.4 Å². The number of hydrogen-bond acceptors (Lipinski definition) is 3. The van der Waals surface area contributed by atoms with Gasteiger partial charge < -0.3 is 10.0 Å². The Labute approximate surface area is 115 Å². The minimum absolute atomic E-state index is 0.0852. The highest BCUT2D eigenvalue weighted by atomic mass is 32.2. The van der Waals surface area contributed by atoms with Crippen LogP contribution in [0.4, 0.5) is 0 Å². The molecule has 4 heteroatoms. The number of unbranched alkanes of at least 4 members (excludes halogenated alkanes) is 1. The molecule has 1 amide bonds. The second kappa shape index (κ2) is 9.68. The first-order valence-corrected chi connectivity index (χ1v) is 8.43. The van der Waals surface area contributed by atoms with E-state index >= 15 is 0 Å². The Morgan fingerprint density at radius 2 is 2.06 bits per heavy atom. The number of nitrogens with zero attached hydrogens (tertiary/aromatic N) is 1. The van der Waals surface area contributed by atoms with E-state index in [1.165, 1.54) is 32.1 Å². The highest BCUT2D eigenvalue weighted by Gasteiger charge is 2.24. The maximum Gasteiger partial charge on any atom is 0.232 e. The van der Waals surface area contributed by atoms with E-state index in [1.807, 2.05) is 4.90 Å². The zero-order valence-electron chi connectivity index (χ0n) is 11.6. The Hall–Kier alpha value is -0.220. The third-order valence-electron chi connectivity index (χ3n) is 3.54. The molecule has 0 aliphatic heterocycles. The molecule has 0 unspecified atom stereocenters. The van der Waals surface area contributed by atoms with Crippen LogP contribution in [0.15, 0.2) is 0 Å². The van der Waals surface area contributed by atoms with E-state index in [9.17, 15) is 4.79 Å². The van der Waals surface area contributed by atoms with Gasteiger partial charge in [-0.2, -0.15) is 11.8 Å². The van der Waals surface area contributed by atoms with Crippen LogP contribution in [0.3, 0.4) is 0 Å². The molecule has 0 aromatic rings. The predicted octanol–water partition coefficient (Wildman–Crippen LogP) is 2.67. The van der Waals surface area contributed by atoms with Crippen LogP contribution in [0, 0.1) is 0 Å². The maximum atomic E-state index is 12.2. The fourth-order valence-electron chi connectivity index (χ4n) is 2.50. The molecule has 0 aromatic heterocycles. The van der Waals surface area contributed by atoms with Gasteiger partial charge in [0, 0.05) is 12.6 Å². The predicted molar refractivity (Wildman–Crippen MR) is 77.9 cm³/mol. The highest BCUT2D eigenvalue weighted by Crippen LogP contribution is 2.23. The van der Waals surface area contributed by atoms with Crippen molar-refractivity contribution in [2.24, 2.45) is 0 Å². The van der Waals surface area contributed by atoms with E-state index in [4.69, 9.17) is 5.11 Å². The molecule has 0 heterocycles. The number of aliphatic hydroxyl groups is 1. The summed E-state index contributed by atoms with van der Waals surface area (Å²) in [7, 11) is 0. The Morgan fingerprint density at radius 3 is 2.67 bits per heavy atom. The number of carbonyl (C=O) groups is 1. The van der Waals surface area contributed by atoms with Crippen LogP contribution >= 0.6 is 11.8 Å². The van der Waals surface area contributed by atoms with Crippen molar-refractivity contribution in [1.29, 1.82) is 0 Å². The molecule has 1 rings (SSSR count). The van der Waals surface area contributed by atoms with Gasteiger partial charge in [0.15, 0.2) is 0 Å². The standard InChI is InChI=1S/C14H27NO2S/c1-2-3-11-18-12-14(17)15(9-10-16)13-7-5-4-6-8-13/h13,16H,2-12H2,1H3. The van der Waals surface area contributed by atoms with Crippen molar-refractivity contribution in [2.75, 3.05) is 24.7 Å². The summed E-state index contributed by atoms with van der Waals surface area (Å²) < 4.78 is 0. The highest BCUT2D eigenvalue weighted by molar-refractivity contribution is 7.99. The lowest BCUT2D eigenvalue weighted by Gasteiger charge is -2.34. The van der Waals surface area contributed by atoms with Gasteiger partial charge in [-0.05, 0) is 25.0 Å². The van der Waals surface area contributed by atoms with E-state index in [2.05, 4.69) is 6.92 Å². The monoisotopic (exact) mass is 273 g/mol. The summed E-state index contributed by atoms with van der Waals surface area (Å²) in [6, 6.07) is 0.380. The Kier molecular flexibility index (Phi) is 8.51. The molecule has 1 saturated carbocycles. The fourth-order valence-corrected chi connectivity index (χ4v) is 3.48. The van der Waals surface area contributed by atoms with Crippen LogP contribution in [0.5, 0.6) is 0 Å². The first-order chi connectivity index (χ1) is 8.79. The van der Waals surface area contributed by atoms with Crippen LogP contribution in [-0.4, -0.2) is 46.6 Å². The summed E-state index contributed by atoms with van der Waals surface area (Å²) in [5, 5.41) is 9.13. The van der Waals surface area contributed by atoms with Gasteiger partial charge in [0.2, 0.25) is 5.91 Å². The first-order valence-electron chi connectivity index (χ1n) is 7.27. The summed E-state index contributed by atoms with van der Waals surface area (Å²) >= 11 is 1.73. The Morgan fingerprint density at radius 1 is 1.33 bits per heavy atom. The number of amides is 1. The molecule has 3 nitrogen and oxygen atoms in total. The van der Waals surface area contributed by atoms with Crippen LogP contribution < -0.4 is 0 Å². The quantitative estimate of drug-likeness (QED) is 0.691. The average molecular weight is 273 g/mol. The third-order valence-corrected chi connectivity index (χ3v) is 4.57. The average Bonchev–Trinajstić information content (AvgIpc) is 2.41. The van der Waals surface area contributed by atoms with Crippen LogP contribution in [0.2, 0.25) is 0 Å². The summed E-state index contributed by atoms with van der Waals surface area (Å²) in [6.07, 6.45) is 8.34. The van der Waals surface area contributed by atoms with E-state index in [-0.39, 0.29) is 12.5 Å². The molecule has 106 valence electrons. The van der Waals surface area contributed by atoms with Crippen molar-refractivity contribution < 1.29 is 9.90 Å². The maximum absolute atomic E-state index is 12.2. The van der Waals surface area contributed by atoms with Gasteiger partial charge in [-0.3, -0.25) is 4.79 Å². The first kappa shape index (κ1) is 15.8. The molecule has 0 spiro atoms. The Balaban J connectivity index is 2.36. The minimum atomic E-state index is 0.0852. The molecule has 0 bridgehead atoms. The molecule has 0 saturated heterocycles.